The van der Waals surface area contributed by atoms with E-state index in [1.807, 2.05) is 38.1 Å². The van der Waals surface area contributed by atoms with Crippen molar-refractivity contribution < 1.29 is 18.7 Å². The van der Waals surface area contributed by atoms with Gasteiger partial charge in [-0.2, -0.15) is 5.26 Å². The summed E-state index contributed by atoms with van der Waals surface area (Å²) in [6.45, 7) is 3.47. The van der Waals surface area contributed by atoms with E-state index in [2.05, 4.69) is 10.6 Å². The van der Waals surface area contributed by atoms with Gasteiger partial charge in [0.1, 0.15) is 17.5 Å². The molecule has 3 rings (SSSR count). The third kappa shape index (κ3) is 7.06. The van der Waals surface area contributed by atoms with Crippen molar-refractivity contribution in [3.8, 4) is 11.8 Å². The van der Waals surface area contributed by atoms with Crippen LogP contribution in [0, 0.1) is 31.0 Å². The molecule has 35 heavy (non-hydrogen) atoms. The van der Waals surface area contributed by atoms with Crippen molar-refractivity contribution in [1.29, 1.82) is 5.26 Å². The molecule has 0 spiro atoms. The van der Waals surface area contributed by atoms with E-state index in [0.717, 1.165) is 11.1 Å². The van der Waals surface area contributed by atoms with Gasteiger partial charge in [0.25, 0.3) is 11.8 Å². The monoisotopic (exact) mass is 511 g/mol. The van der Waals surface area contributed by atoms with Crippen molar-refractivity contribution in [3.05, 3.63) is 92.7 Å². The van der Waals surface area contributed by atoms with Crippen LogP contribution in [0.25, 0.3) is 6.08 Å². The van der Waals surface area contributed by atoms with E-state index < -0.39 is 11.7 Å². The smallest absolute Gasteiger partial charge is 0.266 e. The van der Waals surface area contributed by atoms with Crippen molar-refractivity contribution in [2.75, 3.05) is 17.2 Å². The van der Waals surface area contributed by atoms with Crippen molar-refractivity contribution in [2.45, 2.75) is 13.8 Å². The molecule has 0 aliphatic rings. The number of carbonyl (C=O) groups excluding carboxylic acids is 2. The lowest BCUT2D eigenvalue weighted by molar-refractivity contribution is -0.118. The maximum Gasteiger partial charge on any atom is 0.266 e. The molecule has 3 aromatic rings. The largest absolute Gasteiger partial charge is 0.481 e. The van der Waals surface area contributed by atoms with Gasteiger partial charge in [0.2, 0.25) is 0 Å². The Morgan fingerprint density at radius 3 is 2.31 bits per heavy atom. The Bertz CT molecular complexity index is 1330. The molecule has 0 aliphatic heterocycles. The topological polar surface area (TPSA) is 91.2 Å². The number of carbonyl (C=O) groups is 2. The first-order chi connectivity index (χ1) is 16.7. The molecule has 0 aliphatic carbocycles. The zero-order valence-corrected chi connectivity index (χ0v) is 20.3. The molecule has 0 heterocycles. The predicted octanol–water partition coefficient (Wildman–Crippen LogP) is 6.31. The number of rotatable bonds is 7. The van der Waals surface area contributed by atoms with E-state index in [4.69, 9.17) is 27.9 Å². The fraction of sp³-hybridized carbons (Fsp3) is 0.115. The number of halogens is 3. The van der Waals surface area contributed by atoms with Gasteiger partial charge >= 0.3 is 0 Å². The van der Waals surface area contributed by atoms with E-state index in [1.165, 1.54) is 42.5 Å². The summed E-state index contributed by atoms with van der Waals surface area (Å²) in [4.78, 5) is 24.7. The van der Waals surface area contributed by atoms with Gasteiger partial charge in [0.05, 0.1) is 10.0 Å². The SMILES string of the molecule is Cc1ccc(C)c(NC(=O)COc2c(Cl)cc(/C=C(\C#N)C(=O)Nc3ccc(F)cc3)cc2Cl)c1. The maximum atomic E-state index is 13.0. The molecule has 0 saturated heterocycles. The first-order valence-corrected chi connectivity index (χ1v) is 11.1. The summed E-state index contributed by atoms with van der Waals surface area (Å²) in [6, 6.07) is 15.5. The fourth-order valence-electron chi connectivity index (χ4n) is 3.04. The van der Waals surface area contributed by atoms with Crippen LogP contribution in [0.3, 0.4) is 0 Å². The minimum absolute atomic E-state index is 0.0934. The van der Waals surface area contributed by atoms with Gasteiger partial charge in [-0.15, -0.1) is 0 Å². The van der Waals surface area contributed by atoms with Crippen LogP contribution in [0.15, 0.2) is 60.2 Å². The lowest BCUT2D eigenvalue weighted by Gasteiger charge is -2.13. The molecule has 0 aromatic heterocycles. The van der Waals surface area contributed by atoms with E-state index in [-0.39, 0.29) is 33.9 Å². The van der Waals surface area contributed by atoms with Crippen LogP contribution in [0.1, 0.15) is 16.7 Å². The molecule has 0 atom stereocenters. The van der Waals surface area contributed by atoms with E-state index in [9.17, 15) is 19.2 Å². The highest BCUT2D eigenvalue weighted by Crippen LogP contribution is 2.35. The van der Waals surface area contributed by atoms with Gasteiger partial charge in [-0.1, -0.05) is 35.3 Å². The second-order valence-corrected chi connectivity index (χ2v) is 8.41. The third-order valence-corrected chi connectivity index (χ3v) is 5.38. The molecule has 9 heteroatoms. The lowest BCUT2D eigenvalue weighted by atomic mass is 10.1. The first kappa shape index (κ1) is 25.8. The van der Waals surface area contributed by atoms with Gasteiger partial charge in [-0.3, -0.25) is 9.59 Å². The molecule has 0 fully saturated rings. The Balaban J connectivity index is 1.70. The predicted molar refractivity (Wildman–Crippen MR) is 135 cm³/mol. The average Bonchev–Trinajstić information content (AvgIpc) is 2.80. The average molecular weight is 512 g/mol. The van der Waals surface area contributed by atoms with E-state index in [0.29, 0.717) is 16.9 Å². The van der Waals surface area contributed by atoms with Gasteiger partial charge in [0.15, 0.2) is 12.4 Å². The minimum Gasteiger partial charge on any atom is -0.481 e. The number of benzene rings is 3. The number of nitrogens with one attached hydrogen (secondary N) is 2. The van der Waals surface area contributed by atoms with Crippen LogP contribution in [0.2, 0.25) is 10.0 Å². The molecule has 2 amide bonds. The Labute approximate surface area is 211 Å². The maximum absolute atomic E-state index is 13.0. The number of aryl methyl sites for hydroxylation is 2. The molecule has 6 nitrogen and oxygen atoms in total. The third-order valence-electron chi connectivity index (χ3n) is 4.81. The van der Waals surface area contributed by atoms with E-state index in [1.54, 1.807) is 0 Å². The number of anilines is 2. The normalized spacial score (nSPS) is 10.9. The second-order valence-electron chi connectivity index (χ2n) is 7.60. The highest BCUT2D eigenvalue weighted by Gasteiger charge is 2.15. The minimum atomic E-state index is -0.685. The summed E-state index contributed by atoms with van der Waals surface area (Å²) < 4.78 is 18.6. The molecule has 0 saturated carbocycles. The van der Waals surface area contributed by atoms with Gasteiger partial charge in [-0.05, 0) is 79.1 Å². The second kappa shape index (κ2) is 11.5. The van der Waals surface area contributed by atoms with Crippen LogP contribution in [-0.4, -0.2) is 18.4 Å². The van der Waals surface area contributed by atoms with Gasteiger partial charge in [0, 0.05) is 11.4 Å². The molecule has 2 N–H and O–H groups in total. The van der Waals surface area contributed by atoms with Gasteiger partial charge < -0.3 is 15.4 Å². The summed E-state index contributed by atoms with van der Waals surface area (Å²) >= 11 is 12.6. The zero-order valence-electron chi connectivity index (χ0n) is 18.8. The number of hydrogen-bond donors (Lipinski definition) is 2. The van der Waals surface area contributed by atoms with Crippen molar-refractivity contribution >= 4 is 52.5 Å². The first-order valence-electron chi connectivity index (χ1n) is 10.3. The van der Waals surface area contributed by atoms with E-state index >= 15 is 0 Å². The lowest BCUT2D eigenvalue weighted by Crippen LogP contribution is -2.21. The molecule has 0 unspecified atom stereocenters. The standard InChI is InChI=1S/C26H20Cl2FN3O3/c1-15-3-4-16(2)23(9-15)32-24(33)14-35-25-21(27)11-17(12-22(25)28)10-18(13-30)26(34)31-20-7-5-19(29)6-8-20/h3-12H,14H2,1-2H3,(H,31,34)(H,32,33)/b18-10+. The highest BCUT2D eigenvalue weighted by molar-refractivity contribution is 6.37. The molecule has 0 radical (unpaired) electrons. The zero-order chi connectivity index (χ0) is 25.5. The van der Waals surface area contributed by atoms with Crippen LogP contribution in [-0.2, 0) is 9.59 Å². The van der Waals surface area contributed by atoms with Crippen molar-refractivity contribution in [1.82, 2.24) is 0 Å². The number of hydrogen-bond acceptors (Lipinski definition) is 4. The molecule has 0 bridgehead atoms. The Hall–Kier alpha value is -3.86. The van der Waals surface area contributed by atoms with Crippen molar-refractivity contribution in [2.24, 2.45) is 0 Å². The number of amides is 2. The van der Waals surface area contributed by atoms with Crippen molar-refractivity contribution in [3.63, 3.8) is 0 Å². The quantitative estimate of drug-likeness (QED) is 0.287. The summed E-state index contributed by atoms with van der Waals surface area (Å²) in [5, 5.41) is 14.9. The highest BCUT2D eigenvalue weighted by atomic mass is 35.5. The Kier molecular flexibility index (Phi) is 8.48. The summed E-state index contributed by atoms with van der Waals surface area (Å²) in [7, 11) is 0. The molecule has 178 valence electrons. The summed E-state index contributed by atoms with van der Waals surface area (Å²) in [5.41, 5.74) is 3.08. The van der Waals surface area contributed by atoms with Crippen LogP contribution >= 0.6 is 23.2 Å². The Morgan fingerprint density at radius 1 is 1.03 bits per heavy atom. The molecular weight excluding hydrogens is 492 g/mol. The fourth-order valence-corrected chi connectivity index (χ4v) is 3.66. The van der Waals surface area contributed by atoms with Gasteiger partial charge in [-0.25, -0.2) is 4.39 Å². The Morgan fingerprint density at radius 2 is 1.69 bits per heavy atom. The van der Waals surface area contributed by atoms with Crippen LogP contribution in [0.4, 0.5) is 15.8 Å². The molecule has 3 aromatic carbocycles. The summed E-state index contributed by atoms with van der Waals surface area (Å²) in [6.07, 6.45) is 1.30. The number of nitriles is 1. The number of nitrogens with zero attached hydrogens (tertiary/aromatic N) is 1. The molecular formula is C26H20Cl2FN3O3. The summed E-state index contributed by atoms with van der Waals surface area (Å²) in [5.74, 6) is -1.43. The van der Waals surface area contributed by atoms with Crippen LogP contribution < -0.4 is 15.4 Å². The van der Waals surface area contributed by atoms with Crippen LogP contribution in [0.5, 0.6) is 5.75 Å². The number of ether oxygens (including phenoxy) is 1.